The van der Waals surface area contributed by atoms with Gasteiger partial charge in [-0.3, -0.25) is 0 Å². The average Bonchev–Trinajstić information content (AvgIpc) is 3.15. The molecule has 1 heterocycles. The number of rotatable bonds is 7. The fraction of sp³-hybridized carbons (Fsp3) is 0.167. The minimum absolute atomic E-state index is 0.341. The molecule has 3 aromatic rings. The Morgan fingerprint density at radius 1 is 1.19 bits per heavy atom. The molecule has 0 spiro atoms. The Hall–Kier alpha value is -1.47. The summed E-state index contributed by atoms with van der Waals surface area (Å²) in [7, 11) is 1.62. The number of methoxy groups -OCH3 is 1. The number of thiazole rings is 1. The van der Waals surface area contributed by atoms with Crippen LogP contribution in [0.25, 0.3) is 0 Å². The quantitative estimate of drug-likeness (QED) is 0.430. The van der Waals surface area contributed by atoms with Crippen molar-refractivity contribution in [1.29, 1.82) is 0 Å². The average molecular weight is 474 g/mol. The molecule has 2 aromatic carbocycles. The van der Waals surface area contributed by atoms with Gasteiger partial charge >= 0.3 is 0 Å². The van der Waals surface area contributed by atoms with Crippen LogP contribution in [0.3, 0.4) is 0 Å². The maximum absolute atomic E-state index is 6.08. The standard InChI is InChI=1S/C18H15BrCl2N2O2S/c1-24-16-5-3-13(19)12(9-23-18-22-6-7-26-18)17(16)25-10-11-2-4-14(20)15(21)8-11/h2-8H,9-10H2,1H3,(H,22,23). The van der Waals surface area contributed by atoms with Gasteiger partial charge in [0.1, 0.15) is 6.61 Å². The van der Waals surface area contributed by atoms with E-state index in [1.54, 1.807) is 36.8 Å². The van der Waals surface area contributed by atoms with Gasteiger partial charge < -0.3 is 14.8 Å². The molecule has 136 valence electrons. The van der Waals surface area contributed by atoms with Gasteiger partial charge in [0.25, 0.3) is 0 Å². The van der Waals surface area contributed by atoms with Gasteiger partial charge in [0.05, 0.1) is 17.2 Å². The monoisotopic (exact) mass is 472 g/mol. The summed E-state index contributed by atoms with van der Waals surface area (Å²) in [5.74, 6) is 1.32. The van der Waals surface area contributed by atoms with Crippen molar-refractivity contribution in [2.45, 2.75) is 13.2 Å². The predicted octanol–water partition coefficient (Wildman–Crippen LogP) is 6.41. The Labute approximate surface area is 174 Å². The van der Waals surface area contributed by atoms with Crippen LogP contribution >= 0.6 is 50.5 Å². The minimum Gasteiger partial charge on any atom is -0.493 e. The Morgan fingerprint density at radius 2 is 2.04 bits per heavy atom. The zero-order valence-corrected chi connectivity index (χ0v) is 17.7. The number of ether oxygens (including phenoxy) is 2. The molecule has 1 N–H and O–H groups in total. The normalized spacial score (nSPS) is 10.6. The van der Waals surface area contributed by atoms with E-state index < -0.39 is 0 Å². The van der Waals surface area contributed by atoms with E-state index >= 15 is 0 Å². The number of hydrogen-bond donors (Lipinski definition) is 1. The SMILES string of the molecule is COc1ccc(Br)c(CNc2nccs2)c1OCc1ccc(Cl)c(Cl)c1. The number of benzene rings is 2. The molecular weight excluding hydrogens is 459 g/mol. The molecule has 0 saturated heterocycles. The zero-order chi connectivity index (χ0) is 18.5. The highest BCUT2D eigenvalue weighted by Gasteiger charge is 2.15. The van der Waals surface area contributed by atoms with Crippen molar-refractivity contribution in [1.82, 2.24) is 4.98 Å². The van der Waals surface area contributed by atoms with E-state index in [2.05, 4.69) is 26.2 Å². The fourth-order valence-electron chi connectivity index (χ4n) is 2.33. The molecule has 0 bridgehead atoms. The number of hydrogen-bond acceptors (Lipinski definition) is 5. The first-order chi connectivity index (χ1) is 12.6. The van der Waals surface area contributed by atoms with Gasteiger partial charge in [0.15, 0.2) is 16.6 Å². The summed E-state index contributed by atoms with van der Waals surface area (Å²) in [6.07, 6.45) is 1.76. The summed E-state index contributed by atoms with van der Waals surface area (Å²) in [4.78, 5) is 4.24. The van der Waals surface area contributed by atoms with E-state index in [1.165, 1.54) is 0 Å². The van der Waals surface area contributed by atoms with Crippen molar-refractivity contribution < 1.29 is 9.47 Å². The lowest BCUT2D eigenvalue weighted by atomic mass is 10.1. The van der Waals surface area contributed by atoms with Crippen molar-refractivity contribution in [3.8, 4) is 11.5 Å². The summed E-state index contributed by atoms with van der Waals surface area (Å²) in [6.45, 7) is 0.885. The van der Waals surface area contributed by atoms with Gasteiger partial charge in [-0.25, -0.2) is 4.98 Å². The number of nitrogens with one attached hydrogen (secondary N) is 1. The first-order valence-corrected chi connectivity index (χ1v) is 10.1. The number of nitrogens with zero attached hydrogens (tertiary/aromatic N) is 1. The largest absolute Gasteiger partial charge is 0.493 e. The number of aromatic nitrogens is 1. The molecular formula is C18H15BrCl2N2O2S. The summed E-state index contributed by atoms with van der Waals surface area (Å²) in [5.41, 5.74) is 1.86. The molecule has 0 aliphatic rings. The van der Waals surface area contributed by atoms with Crippen molar-refractivity contribution in [3.63, 3.8) is 0 Å². The Kier molecular flexibility index (Phi) is 6.64. The molecule has 26 heavy (non-hydrogen) atoms. The van der Waals surface area contributed by atoms with Crippen LogP contribution in [0.1, 0.15) is 11.1 Å². The van der Waals surface area contributed by atoms with Gasteiger partial charge in [-0.1, -0.05) is 45.2 Å². The van der Waals surface area contributed by atoms with E-state index in [4.69, 9.17) is 32.7 Å². The van der Waals surface area contributed by atoms with E-state index in [9.17, 15) is 0 Å². The van der Waals surface area contributed by atoms with Crippen molar-refractivity contribution >= 4 is 55.6 Å². The second-order valence-corrected chi connectivity index (χ2v) is 7.85. The van der Waals surface area contributed by atoms with Gasteiger partial charge in [-0.15, -0.1) is 11.3 Å². The van der Waals surface area contributed by atoms with Crippen LogP contribution in [0.4, 0.5) is 5.13 Å². The molecule has 4 nitrogen and oxygen atoms in total. The molecule has 3 rings (SSSR count). The lowest BCUT2D eigenvalue weighted by Gasteiger charge is -2.17. The van der Waals surface area contributed by atoms with Crippen LogP contribution in [0.2, 0.25) is 10.0 Å². The molecule has 0 aliphatic heterocycles. The lowest BCUT2D eigenvalue weighted by molar-refractivity contribution is 0.281. The van der Waals surface area contributed by atoms with Crippen LogP contribution in [-0.2, 0) is 13.2 Å². The number of halogens is 3. The van der Waals surface area contributed by atoms with E-state index in [0.29, 0.717) is 34.7 Å². The third-order valence-corrected chi connectivity index (χ3v) is 5.82. The molecule has 1 aromatic heterocycles. The van der Waals surface area contributed by atoms with Crippen molar-refractivity contribution in [3.05, 3.63) is 67.6 Å². The summed E-state index contributed by atoms with van der Waals surface area (Å²) in [6, 6.07) is 9.23. The molecule has 0 atom stereocenters. The maximum atomic E-state index is 6.08. The Balaban J connectivity index is 1.83. The Morgan fingerprint density at radius 3 is 2.73 bits per heavy atom. The fourth-order valence-corrected chi connectivity index (χ4v) is 3.63. The highest BCUT2D eigenvalue weighted by atomic mass is 79.9. The summed E-state index contributed by atoms with van der Waals surface area (Å²) < 4.78 is 12.5. The van der Waals surface area contributed by atoms with Crippen LogP contribution in [0.15, 0.2) is 46.4 Å². The first-order valence-electron chi connectivity index (χ1n) is 7.64. The molecule has 0 saturated carbocycles. The molecule has 8 heteroatoms. The van der Waals surface area contributed by atoms with Crippen LogP contribution in [0, 0.1) is 0 Å². The van der Waals surface area contributed by atoms with Crippen LogP contribution < -0.4 is 14.8 Å². The third-order valence-electron chi connectivity index (χ3n) is 3.60. The number of anilines is 1. The minimum atomic E-state index is 0.341. The zero-order valence-electron chi connectivity index (χ0n) is 13.8. The van der Waals surface area contributed by atoms with E-state index in [-0.39, 0.29) is 0 Å². The smallest absolute Gasteiger partial charge is 0.182 e. The molecule has 0 amide bonds. The second kappa shape index (κ2) is 8.95. The van der Waals surface area contributed by atoms with Gasteiger partial charge in [-0.2, -0.15) is 0 Å². The second-order valence-electron chi connectivity index (χ2n) is 5.29. The van der Waals surface area contributed by atoms with E-state index in [1.807, 2.05) is 23.6 Å². The highest BCUT2D eigenvalue weighted by Crippen LogP contribution is 2.37. The molecule has 0 fully saturated rings. The summed E-state index contributed by atoms with van der Waals surface area (Å²) in [5, 5.41) is 7.07. The highest BCUT2D eigenvalue weighted by molar-refractivity contribution is 9.10. The van der Waals surface area contributed by atoms with Gasteiger partial charge in [0, 0.05) is 28.2 Å². The van der Waals surface area contributed by atoms with Gasteiger partial charge in [-0.05, 0) is 29.8 Å². The molecule has 0 aliphatic carbocycles. The topological polar surface area (TPSA) is 43.4 Å². The summed E-state index contributed by atoms with van der Waals surface area (Å²) >= 11 is 17.2. The van der Waals surface area contributed by atoms with Crippen molar-refractivity contribution in [2.24, 2.45) is 0 Å². The van der Waals surface area contributed by atoms with Crippen molar-refractivity contribution in [2.75, 3.05) is 12.4 Å². The predicted molar refractivity (Wildman–Crippen MR) is 111 cm³/mol. The lowest BCUT2D eigenvalue weighted by Crippen LogP contribution is -2.06. The molecule has 0 unspecified atom stereocenters. The Bertz CT molecular complexity index is 891. The van der Waals surface area contributed by atoms with Gasteiger partial charge in [0.2, 0.25) is 0 Å². The maximum Gasteiger partial charge on any atom is 0.182 e. The third kappa shape index (κ3) is 4.62. The van der Waals surface area contributed by atoms with Crippen LogP contribution in [0.5, 0.6) is 11.5 Å². The molecule has 0 radical (unpaired) electrons. The van der Waals surface area contributed by atoms with Crippen LogP contribution in [-0.4, -0.2) is 12.1 Å². The first kappa shape index (κ1) is 19.3. The van der Waals surface area contributed by atoms with E-state index in [0.717, 1.165) is 20.7 Å².